The van der Waals surface area contributed by atoms with E-state index in [1.807, 2.05) is 31.1 Å². The van der Waals surface area contributed by atoms with Crippen LogP contribution in [0, 0.1) is 0 Å². The number of carbonyl (C=O) groups excluding carboxylic acids is 2. The molecule has 8 nitrogen and oxygen atoms in total. The second-order valence-corrected chi connectivity index (χ2v) is 7.18. The first kappa shape index (κ1) is 20.9. The quantitative estimate of drug-likeness (QED) is 0.675. The number of halogens is 1. The molecule has 1 aromatic heterocycles. The van der Waals surface area contributed by atoms with E-state index in [0.29, 0.717) is 24.7 Å². The molecule has 1 aromatic carbocycles. The van der Waals surface area contributed by atoms with Crippen LogP contribution in [0.25, 0.3) is 0 Å². The molecule has 0 aliphatic rings. The number of hydrogen-bond acceptors (Lipinski definition) is 5. The summed E-state index contributed by atoms with van der Waals surface area (Å²) < 4.78 is 1.38. The normalized spacial score (nSPS) is 10.9. The molecule has 0 saturated carbocycles. The largest absolute Gasteiger partial charge is 0.347 e. The van der Waals surface area contributed by atoms with Crippen LogP contribution in [-0.2, 0) is 17.9 Å². The van der Waals surface area contributed by atoms with Crippen molar-refractivity contribution in [3.63, 3.8) is 0 Å². The van der Waals surface area contributed by atoms with Crippen molar-refractivity contribution in [1.82, 2.24) is 29.7 Å². The van der Waals surface area contributed by atoms with Crippen molar-refractivity contribution in [1.29, 1.82) is 0 Å². The van der Waals surface area contributed by atoms with Gasteiger partial charge in [-0.2, -0.15) is 0 Å². The predicted octanol–water partition coefficient (Wildman–Crippen LogP) is 1.22. The van der Waals surface area contributed by atoms with E-state index < -0.39 is 0 Å². The molecule has 1 heterocycles. The van der Waals surface area contributed by atoms with Crippen LogP contribution in [0.4, 0.5) is 0 Å². The monoisotopic (exact) mass is 392 g/mol. The molecular weight excluding hydrogens is 368 g/mol. The highest BCUT2D eigenvalue weighted by atomic mass is 35.5. The molecule has 0 unspecified atom stereocenters. The van der Waals surface area contributed by atoms with Gasteiger partial charge in [0.25, 0.3) is 5.91 Å². The number of aromatic nitrogens is 3. The summed E-state index contributed by atoms with van der Waals surface area (Å²) in [4.78, 5) is 29.9. The Labute approximate surface area is 164 Å². The van der Waals surface area contributed by atoms with E-state index >= 15 is 0 Å². The number of benzene rings is 1. The fourth-order valence-electron chi connectivity index (χ4n) is 2.30. The Morgan fingerprint density at radius 3 is 2.33 bits per heavy atom. The van der Waals surface area contributed by atoms with Gasteiger partial charge in [-0.1, -0.05) is 28.9 Å². The van der Waals surface area contributed by atoms with Crippen LogP contribution < -0.4 is 0 Å². The van der Waals surface area contributed by atoms with Crippen LogP contribution in [-0.4, -0.2) is 82.8 Å². The van der Waals surface area contributed by atoms with Gasteiger partial charge in [0.2, 0.25) is 5.91 Å². The summed E-state index contributed by atoms with van der Waals surface area (Å²) in [5.41, 5.74) is 1.19. The summed E-state index contributed by atoms with van der Waals surface area (Å²) in [5, 5.41) is 8.50. The highest BCUT2D eigenvalue weighted by Crippen LogP contribution is 2.13. The van der Waals surface area contributed by atoms with Crippen molar-refractivity contribution in [3.8, 4) is 0 Å². The standard InChI is InChI=1S/C18H25ClN6O2/c1-22(2)9-10-24(11-14-5-7-15(19)8-6-14)18(27)16-12-25(21-20-16)13-17(26)23(3)4/h5-8,12H,9-11,13H2,1-4H3. The predicted molar refractivity (Wildman–Crippen MR) is 103 cm³/mol. The zero-order valence-corrected chi connectivity index (χ0v) is 16.8. The van der Waals surface area contributed by atoms with E-state index in [4.69, 9.17) is 11.6 Å². The van der Waals surface area contributed by atoms with Crippen LogP contribution in [0.2, 0.25) is 5.02 Å². The van der Waals surface area contributed by atoms with Gasteiger partial charge in [-0.05, 0) is 31.8 Å². The van der Waals surface area contributed by atoms with Crippen LogP contribution in [0.5, 0.6) is 0 Å². The van der Waals surface area contributed by atoms with Crippen molar-refractivity contribution in [2.24, 2.45) is 0 Å². The topological polar surface area (TPSA) is 74.6 Å². The molecule has 2 amide bonds. The molecule has 9 heteroatoms. The van der Waals surface area contributed by atoms with Crippen molar-refractivity contribution in [2.45, 2.75) is 13.1 Å². The number of likely N-dealkylation sites (N-methyl/N-ethyl adjacent to an activating group) is 2. The Bertz CT molecular complexity index is 772. The lowest BCUT2D eigenvalue weighted by atomic mass is 10.2. The second-order valence-electron chi connectivity index (χ2n) is 6.75. The maximum atomic E-state index is 12.9. The van der Waals surface area contributed by atoms with E-state index in [2.05, 4.69) is 10.3 Å². The molecule has 0 spiro atoms. The summed E-state index contributed by atoms with van der Waals surface area (Å²) in [5.74, 6) is -0.347. The van der Waals surface area contributed by atoms with Crippen molar-refractivity contribution in [2.75, 3.05) is 41.3 Å². The maximum Gasteiger partial charge on any atom is 0.276 e. The van der Waals surface area contributed by atoms with Crippen molar-refractivity contribution in [3.05, 3.63) is 46.7 Å². The first-order chi connectivity index (χ1) is 12.8. The molecule has 2 rings (SSSR count). The van der Waals surface area contributed by atoms with Crippen LogP contribution in [0.15, 0.2) is 30.5 Å². The lowest BCUT2D eigenvalue weighted by Gasteiger charge is -2.23. The Balaban J connectivity index is 2.13. The van der Waals surface area contributed by atoms with Gasteiger partial charge < -0.3 is 14.7 Å². The summed E-state index contributed by atoms with van der Waals surface area (Å²) in [7, 11) is 7.24. The van der Waals surface area contributed by atoms with Crippen molar-refractivity contribution < 1.29 is 9.59 Å². The maximum absolute atomic E-state index is 12.9. The first-order valence-electron chi connectivity index (χ1n) is 8.55. The lowest BCUT2D eigenvalue weighted by molar-refractivity contribution is -0.129. The third-order valence-corrected chi connectivity index (χ3v) is 4.20. The molecular formula is C18H25ClN6O2. The molecule has 27 heavy (non-hydrogen) atoms. The van der Waals surface area contributed by atoms with Gasteiger partial charge in [0, 0.05) is 38.8 Å². The molecule has 0 saturated heterocycles. The minimum atomic E-state index is -0.227. The molecule has 2 aromatic rings. The number of hydrogen-bond donors (Lipinski definition) is 0. The van der Waals surface area contributed by atoms with E-state index in [9.17, 15) is 9.59 Å². The number of nitrogens with zero attached hydrogens (tertiary/aromatic N) is 6. The van der Waals surface area contributed by atoms with Gasteiger partial charge in [0.05, 0.1) is 6.20 Å². The van der Waals surface area contributed by atoms with Gasteiger partial charge in [-0.25, -0.2) is 4.68 Å². The minimum Gasteiger partial charge on any atom is -0.347 e. The summed E-state index contributed by atoms with van der Waals surface area (Å²) in [6.07, 6.45) is 1.51. The first-order valence-corrected chi connectivity index (χ1v) is 8.93. The summed E-state index contributed by atoms with van der Waals surface area (Å²) in [6, 6.07) is 7.39. The fraction of sp³-hybridized carbons (Fsp3) is 0.444. The molecule has 0 aliphatic carbocycles. The molecule has 0 radical (unpaired) electrons. The minimum absolute atomic E-state index is 0.0438. The summed E-state index contributed by atoms with van der Waals surface area (Å²) in [6.45, 7) is 1.74. The third-order valence-electron chi connectivity index (χ3n) is 3.94. The smallest absolute Gasteiger partial charge is 0.276 e. The molecule has 0 N–H and O–H groups in total. The van der Waals surface area contributed by atoms with E-state index in [-0.39, 0.29) is 24.1 Å². The van der Waals surface area contributed by atoms with Gasteiger partial charge in [-0.3, -0.25) is 9.59 Å². The Morgan fingerprint density at radius 1 is 1.07 bits per heavy atom. The SMILES string of the molecule is CN(C)CCN(Cc1ccc(Cl)cc1)C(=O)c1cn(CC(=O)N(C)C)nn1. The highest BCUT2D eigenvalue weighted by Gasteiger charge is 2.20. The van der Waals surface area contributed by atoms with Crippen LogP contribution in [0.3, 0.4) is 0 Å². The van der Waals surface area contributed by atoms with E-state index in [0.717, 1.165) is 5.56 Å². The van der Waals surface area contributed by atoms with Crippen molar-refractivity contribution >= 4 is 23.4 Å². The average Bonchev–Trinajstić information content (AvgIpc) is 3.07. The van der Waals surface area contributed by atoms with Crippen LogP contribution >= 0.6 is 11.6 Å². The molecule has 0 atom stereocenters. The zero-order chi connectivity index (χ0) is 20.0. The molecule has 146 valence electrons. The van der Waals surface area contributed by atoms with Crippen LogP contribution in [0.1, 0.15) is 16.1 Å². The van der Waals surface area contributed by atoms with Gasteiger partial charge >= 0.3 is 0 Å². The molecule has 0 aliphatic heterocycles. The summed E-state index contributed by atoms with van der Waals surface area (Å²) >= 11 is 5.94. The Morgan fingerprint density at radius 2 is 1.74 bits per heavy atom. The van der Waals surface area contributed by atoms with E-state index in [1.54, 1.807) is 31.1 Å². The van der Waals surface area contributed by atoms with E-state index in [1.165, 1.54) is 15.8 Å². The number of carbonyl (C=O) groups is 2. The highest BCUT2D eigenvalue weighted by molar-refractivity contribution is 6.30. The molecule has 0 fully saturated rings. The second kappa shape index (κ2) is 9.48. The third kappa shape index (κ3) is 6.33. The number of rotatable bonds is 8. The average molecular weight is 393 g/mol. The van der Waals surface area contributed by atoms with Gasteiger partial charge in [0.15, 0.2) is 5.69 Å². The number of amides is 2. The van der Waals surface area contributed by atoms with Gasteiger partial charge in [0.1, 0.15) is 6.54 Å². The Hall–Kier alpha value is -2.45. The molecule has 0 bridgehead atoms. The zero-order valence-electron chi connectivity index (χ0n) is 16.1. The van der Waals surface area contributed by atoms with Gasteiger partial charge in [-0.15, -0.1) is 5.10 Å². The Kier molecular flexibility index (Phi) is 7.32. The lowest BCUT2D eigenvalue weighted by Crippen LogP contribution is -2.36. The fourth-order valence-corrected chi connectivity index (χ4v) is 2.42.